The summed E-state index contributed by atoms with van der Waals surface area (Å²) in [6, 6.07) is 13.5. The van der Waals surface area contributed by atoms with Crippen molar-refractivity contribution in [3.05, 3.63) is 59.8 Å². The van der Waals surface area contributed by atoms with Gasteiger partial charge in [-0.15, -0.1) is 5.10 Å². The lowest BCUT2D eigenvalue weighted by Gasteiger charge is -2.40. The van der Waals surface area contributed by atoms with Crippen LogP contribution in [0.25, 0.3) is 16.7 Å². The van der Waals surface area contributed by atoms with E-state index in [0.29, 0.717) is 27.5 Å². The van der Waals surface area contributed by atoms with Gasteiger partial charge >= 0.3 is 0 Å². The predicted molar refractivity (Wildman–Crippen MR) is 128 cm³/mol. The van der Waals surface area contributed by atoms with Crippen LogP contribution in [0.3, 0.4) is 0 Å². The minimum Gasteiger partial charge on any atom is -0.380 e. The molecular weight excluding hydrogens is 476 g/mol. The first-order valence-electron chi connectivity index (χ1n) is 10.7. The van der Waals surface area contributed by atoms with E-state index in [2.05, 4.69) is 15.6 Å². The van der Waals surface area contributed by atoms with Crippen molar-refractivity contribution >= 4 is 51.7 Å². The molecule has 0 radical (unpaired) electrons. The molecular formula is C23H21ClN6O5. The van der Waals surface area contributed by atoms with Crippen LogP contribution >= 0.6 is 11.6 Å². The number of nitrogens with zero attached hydrogens (tertiary/aromatic N) is 4. The fraction of sp³-hybridized carbons (Fsp3) is 0.217. The fourth-order valence-corrected chi connectivity index (χ4v) is 4.01. The maximum atomic E-state index is 13.4. The molecule has 4 aromatic rings. The molecule has 4 N–H and O–H groups in total. The largest absolute Gasteiger partial charge is 0.380 e. The molecule has 11 nitrogen and oxygen atoms in total. The van der Waals surface area contributed by atoms with E-state index in [9.17, 15) is 14.7 Å². The molecule has 1 saturated heterocycles. The quantitative estimate of drug-likeness (QED) is 0.381. The molecule has 35 heavy (non-hydrogen) atoms. The number of halogens is 1. The van der Waals surface area contributed by atoms with Gasteiger partial charge in [-0.05, 0) is 43.3 Å². The van der Waals surface area contributed by atoms with Crippen LogP contribution in [0, 0.1) is 0 Å². The number of hydrogen-bond donors (Lipinski definition) is 3. The third-order valence-corrected chi connectivity index (χ3v) is 6.12. The summed E-state index contributed by atoms with van der Waals surface area (Å²) < 4.78 is 12.3. The minimum atomic E-state index is -1.83. The fourth-order valence-electron chi connectivity index (χ4n) is 3.89. The van der Waals surface area contributed by atoms with Gasteiger partial charge in [0, 0.05) is 29.0 Å². The van der Waals surface area contributed by atoms with Gasteiger partial charge in [-0.2, -0.15) is 0 Å². The first-order valence-corrected chi connectivity index (χ1v) is 11.1. The Labute approximate surface area is 204 Å². The van der Waals surface area contributed by atoms with E-state index in [0.717, 1.165) is 5.69 Å². The van der Waals surface area contributed by atoms with Crippen molar-refractivity contribution < 1.29 is 24.0 Å². The molecule has 3 heterocycles. The zero-order valence-electron chi connectivity index (χ0n) is 18.5. The number of morpholine rings is 1. The minimum absolute atomic E-state index is 0.101. The summed E-state index contributed by atoms with van der Waals surface area (Å²) in [5.74, 6) is -0.821. The van der Waals surface area contributed by atoms with E-state index in [1.807, 2.05) is 0 Å². The maximum Gasteiger partial charge on any atom is 0.263 e. The van der Waals surface area contributed by atoms with Crippen molar-refractivity contribution in [2.45, 2.75) is 18.6 Å². The normalized spacial score (nSPS) is 19.2. The van der Waals surface area contributed by atoms with Gasteiger partial charge in [-0.1, -0.05) is 16.8 Å². The number of aliphatic hydroxyl groups excluding tert-OH is 1. The highest BCUT2D eigenvalue weighted by molar-refractivity contribution is 6.30. The Kier molecular flexibility index (Phi) is 5.67. The molecule has 0 spiro atoms. The smallest absolute Gasteiger partial charge is 0.263 e. The number of anilines is 3. The van der Waals surface area contributed by atoms with Crippen molar-refractivity contribution in [1.82, 2.24) is 14.9 Å². The number of amides is 2. The van der Waals surface area contributed by atoms with Crippen LogP contribution < -0.4 is 16.0 Å². The standard InChI is InChI=1S/C23H21ClN6O5/c1-23(19(31)21(32)26-14-4-7-16-17(12-14)35-28-20(16)25)22(33)29(10-11-34-23)18-8-9-30(27-18)15-5-2-13(24)3-6-15/h2-9,12,19,31H,10-11H2,1H3,(H2,25,28)(H,26,32)/t19?,23-/m1/s1. The van der Waals surface area contributed by atoms with Crippen molar-refractivity contribution in [3.8, 4) is 5.69 Å². The monoisotopic (exact) mass is 496 g/mol. The van der Waals surface area contributed by atoms with Gasteiger partial charge in [0.05, 0.1) is 24.2 Å². The molecule has 1 aliphatic rings. The summed E-state index contributed by atoms with van der Waals surface area (Å²) in [7, 11) is 0. The summed E-state index contributed by atoms with van der Waals surface area (Å²) in [5.41, 5.74) is 5.34. The first-order chi connectivity index (χ1) is 16.8. The highest BCUT2D eigenvalue weighted by Gasteiger charge is 2.51. The summed E-state index contributed by atoms with van der Waals surface area (Å²) in [6.45, 7) is 1.69. The average molecular weight is 497 g/mol. The van der Waals surface area contributed by atoms with E-state index in [-0.39, 0.29) is 19.0 Å². The van der Waals surface area contributed by atoms with Crippen molar-refractivity contribution in [2.75, 3.05) is 29.1 Å². The van der Waals surface area contributed by atoms with Crippen LogP contribution in [-0.4, -0.2) is 56.7 Å². The van der Waals surface area contributed by atoms with E-state index in [1.54, 1.807) is 53.3 Å². The van der Waals surface area contributed by atoms with Gasteiger partial charge in [0.2, 0.25) is 0 Å². The van der Waals surface area contributed by atoms with Gasteiger partial charge in [0.1, 0.15) is 0 Å². The molecule has 0 saturated carbocycles. The highest BCUT2D eigenvalue weighted by atomic mass is 35.5. The second-order valence-corrected chi connectivity index (χ2v) is 8.61. The Morgan fingerprint density at radius 1 is 1.26 bits per heavy atom. The third kappa shape index (κ3) is 4.09. The Morgan fingerprint density at radius 2 is 2.03 bits per heavy atom. The lowest BCUT2D eigenvalue weighted by molar-refractivity contribution is -0.170. The van der Waals surface area contributed by atoms with Crippen molar-refractivity contribution in [3.63, 3.8) is 0 Å². The highest BCUT2D eigenvalue weighted by Crippen LogP contribution is 2.29. The van der Waals surface area contributed by atoms with Crippen LogP contribution in [0.1, 0.15) is 6.92 Å². The van der Waals surface area contributed by atoms with Crippen LogP contribution in [0.5, 0.6) is 0 Å². The number of benzene rings is 2. The van der Waals surface area contributed by atoms with Gasteiger partial charge < -0.3 is 25.4 Å². The lowest BCUT2D eigenvalue weighted by atomic mass is 9.94. The topological polar surface area (TPSA) is 149 Å². The van der Waals surface area contributed by atoms with E-state index in [4.69, 9.17) is 26.6 Å². The van der Waals surface area contributed by atoms with E-state index in [1.165, 1.54) is 17.9 Å². The van der Waals surface area contributed by atoms with Gasteiger partial charge in [-0.3, -0.25) is 14.5 Å². The number of carbonyl (C=O) groups excluding carboxylic acids is 2. The van der Waals surface area contributed by atoms with Crippen LogP contribution in [0.2, 0.25) is 5.02 Å². The van der Waals surface area contributed by atoms with E-state index >= 15 is 0 Å². The Balaban J connectivity index is 1.34. The number of carbonyl (C=O) groups is 2. The van der Waals surface area contributed by atoms with Gasteiger partial charge in [-0.25, -0.2) is 4.68 Å². The molecule has 180 valence electrons. The Morgan fingerprint density at radius 3 is 2.80 bits per heavy atom. The molecule has 2 amide bonds. The first kappa shape index (κ1) is 22.8. The molecule has 2 aromatic carbocycles. The molecule has 0 aliphatic carbocycles. The van der Waals surface area contributed by atoms with Crippen LogP contribution in [0.4, 0.5) is 17.3 Å². The zero-order chi connectivity index (χ0) is 24.7. The van der Waals surface area contributed by atoms with Gasteiger partial charge in [0.25, 0.3) is 11.8 Å². The molecule has 12 heteroatoms. The molecule has 2 atom stereocenters. The molecule has 1 fully saturated rings. The number of ether oxygens (including phenoxy) is 1. The number of nitrogens with one attached hydrogen (secondary N) is 1. The number of fused-ring (bicyclic) bond motifs is 1. The van der Waals surface area contributed by atoms with E-state index < -0.39 is 23.5 Å². The number of nitrogens with two attached hydrogens (primary N) is 1. The summed E-state index contributed by atoms with van der Waals surface area (Å²) in [5, 5.41) is 22.7. The second kappa shape index (κ2) is 8.69. The van der Waals surface area contributed by atoms with Gasteiger partial charge in [0.15, 0.2) is 28.9 Å². The number of nitrogen functional groups attached to an aromatic ring is 1. The molecule has 1 unspecified atom stereocenters. The van der Waals surface area contributed by atoms with Crippen LogP contribution in [0.15, 0.2) is 59.3 Å². The average Bonchev–Trinajstić information content (AvgIpc) is 3.48. The van der Waals surface area contributed by atoms with Crippen molar-refractivity contribution in [1.29, 1.82) is 0 Å². The summed E-state index contributed by atoms with van der Waals surface area (Å²) in [4.78, 5) is 27.6. The van der Waals surface area contributed by atoms with Crippen LogP contribution in [-0.2, 0) is 14.3 Å². The summed E-state index contributed by atoms with van der Waals surface area (Å²) >= 11 is 5.94. The number of rotatable bonds is 5. The lowest BCUT2D eigenvalue weighted by Crippen LogP contribution is -2.63. The molecule has 1 aliphatic heterocycles. The SMILES string of the molecule is C[C@]1(C(O)C(=O)Nc2ccc3c(N)noc3c2)OCCN(c2ccn(-c3ccc(Cl)cc3)n2)C1=O. The Hall–Kier alpha value is -3.93. The Bertz CT molecular complexity index is 1420. The number of hydrogen-bond acceptors (Lipinski definition) is 8. The number of aliphatic hydroxyl groups is 1. The zero-order valence-corrected chi connectivity index (χ0v) is 19.3. The molecule has 5 rings (SSSR count). The van der Waals surface area contributed by atoms with Crippen molar-refractivity contribution in [2.24, 2.45) is 0 Å². The molecule has 0 bridgehead atoms. The predicted octanol–water partition coefficient (Wildman–Crippen LogP) is 2.37. The third-order valence-electron chi connectivity index (χ3n) is 5.87. The number of aromatic nitrogens is 3. The second-order valence-electron chi connectivity index (χ2n) is 8.18. The molecule has 2 aromatic heterocycles. The summed E-state index contributed by atoms with van der Waals surface area (Å²) in [6.07, 6.45) is -0.0968. The maximum absolute atomic E-state index is 13.4.